The van der Waals surface area contributed by atoms with Crippen LogP contribution in [-0.4, -0.2) is 11.1 Å². The first-order chi connectivity index (χ1) is 8.32. The molecule has 1 aliphatic rings. The van der Waals surface area contributed by atoms with Crippen molar-refractivity contribution in [1.29, 1.82) is 0 Å². The van der Waals surface area contributed by atoms with E-state index in [1.807, 2.05) is 0 Å². The van der Waals surface area contributed by atoms with E-state index in [1.165, 1.54) is 12.1 Å². The van der Waals surface area contributed by atoms with Gasteiger partial charge in [0.15, 0.2) is 0 Å². The molecule has 2 rings (SSSR count). The van der Waals surface area contributed by atoms with Gasteiger partial charge in [0, 0.05) is 4.47 Å². The second kappa shape index (κ2) is 4.57. The number of aliphatic carboxylic acids is 1. The van der Waals surface area contributed by atoms with Gasteiger partial charge in [-0.05, 0) is 46.3 Å². The molecule has 0 amide bonds. The highest BCUT2D eigenvalue weighted by atomic mass is 79.9. The highest BCUT2D eigenvalue weighted by Gasteiger charge is 2.41. The van der Waals surface area contributed by atoms with Crippen LogP contribution in [0.3, 0.4) is 0 Å². The lowest BCUT2D eigenvalue weighted by atomic mass is 9.93. The van der Waals surface area contributed by atoms with Crippen LogP contribution in [0.2, 0.25) is 0 Å². The fourth-order valence-corrected chi connectivity index (χ4v) is 2.76. The predicted octanol–water partition coefficient (Wildman–Crippen LogP) is 4.05. The summed E-state index contributed by atoms with van der Waals surface area (Å²) < 4.78 is 38.0. The molecular weight excluding hydrogens is 313 g/mol. The summed E-state index contributed by atoms with van der Waals surface area (Å²) >= 11 is 2.90. The van der Waals surface area contributed by atoms with E-state index in [2.05, 4.69) is 15.9 Å². The number of carboxylic acid groups (broad SMARTS) is 1. The molecule has 0 spiro atoms. The Labute approximate surface area is 110 Å². The van der Waals surface area contributed by atoms with E-state index in [1.54, 1.807) is 0 Å². The van der Waals surface area contributed by atoms with E-state index in [0.29, 0.717) is 0 Å². The van der Waals surface area contributed by atoms with Crippen molar-refractivity contribution in [3.63, 3.8) is 0 Å². The minimum atomic E-state index is -4.48. The van der Waals surface area contributed by atoms with E-state index < -0.39 is 23.6 Å². The summed E-state index contributed by atoms with van der Waals surface area (Å²) in [5.41, 5.74) is -0.619. The minimum absolute atomic E-state index is 0.0534. The van der Waals surface area contributed by atoms with Crippen LogP contribution in [0.25, 0.3) is 0 Å². The molecule has 98 valence electrons. The Balaban J connectivity index is 2.48. The summed E-state index contributed by atoms with van der Waals surface area (Å²) in [4.78, 5) is 11.2. The van der Waals surface area contributed by atoms with E-state index in [-0.39, 0.29) is 16.0 Å². The van der Waals surface area contributed by atoms with Gasteiger partial charge in [0.25, 0.3) is 0 Å². The average molecular weight is 323 g/mol. The Morgan fingerprint density at radius 3 is 2.44 bits per heavy atom. The Morgan fingerprint density at radius 1 is 1.39 bits per heavy atom. The number of hydrogen-bond donors (Lipinski definition) is 1. The Bertz CT molecular complexity index is 481. The molecule has 0 aliphatic heterocycles. The average Bonchev–Trinajstić information content (AvgIpc) is 3.03. The van der Waals surface area contributed by atoms with Crippen LogP contribution < -0.4 is 0 Å². The largest absolute Gasteiger partial charge is 0.481 e. The van der Waals surface area contributed by atoms with Crippen molar-refractivity contribution in [2.45, 2.75) is 24.9 Å². The quantitative estimate of drug-likeness (QED) is 0.911. The highest BCUT2D eigenvalue weighted by Crippen LogP contribution is 2.47. The standard InChI is InChI=1S/C12H10BrF3O2/c13-10-7(9(11(17)18)6-4-5-6)2-1-3-8(10)12(14,15)16/h1-3,6,9H,4-5H2,(H,17,18). The summed E-state index contributed by atoms with van der Waals surface area (Å²) in [6.45, 7) is 0. The van der Waals surface area contributed by atoms with Crippen molar-refractivity contribution in [3.8, 4) is 0 Å². The molecule has 0 aromatic heterocycles. The fourth-order valence-electron chi connectivity index (χ4n) is 2.03. The molecule has 1 fully saturated rings. The first kappa shape index (κ1) is 13.4. The molecule has 1 N–H and O–H groups in total. The molecule has 1 atom stereocenters. The minimum Gasteiger partial charge on any atom is -0.481 e. The third kappa shape index (κ3) is 2.53. The molecular formula is C12H10BrF3O2. The molecule has 0 saturated heterocycles. The number of carboxylic acids is 1. The van der Waals surface area contributed by atoms with Gasteiger partial charge in [-0.15, -0.1) is 0 Å². The normalized spacial score (nSPS) is 17.6. The molecule has 1 saturated carbocycles. The van der Waals surface area contributed by atoms with E-state index in [9.17, 15) is 18.0 Å². The number of halogens is 4. The first-order valence-corrected chi connectivity index (χ1v) is 6.20. The van der Waals surface area contributed by atoms with Crippen molar-refractivity contribution in [1.82, 2.24) is 0 Å². The molecule has 0 radical (unpaired) electrons. The molecule has 18 heavy (non-hydrogen) atoms. The molecule has 1 aromatic rings. The van der Waals surface area contributed by atoms with Crippen LogP contribution in [0.1, 0.15) is 29.9 Å². The predicted molar refractivity (Wildman–Crippen MR) is 62.2 cm³/mol. The van der Waals surface area contributed by atoms with Gasteiger partial charge in [-0.2, -0.15) is 13.2 Å². The lowest BCUT2D eigenvalue weighted by molar-refractivity contribution is -0.141. The zero-order chi connectivity index (χ0) is 13.5. The molecule has 1 aromatic carbocycles. The van der Waals surface area contributed by atoms with Crippen LogP contribution >= 0.6 is 15.9 Å². The van der Waals surface area contributed by atoms with Crippen LogP contribution in [-0.2, 0) is 11.0 Å². The van der Waals surface area contributed by atoms with E-state index in [0.717, 1.165) is 18.9 Å². The number of benzene rings is 1. The maximum atomic E-state index is 12.7. The zero-order valence-corrected chi connectivity index (χ0v) is 10.8. The second-order valence-electron chi connectivity index (χ2n) is 4.36. The van der Waals surface area contributed by atoms with Gasteiger partial charge >= 0.3 is 12.1 Å². The maximum Gasteiger partial charge on any atom is 0.417 e. The molecule has 6 heteroatoms. The summed E-state index contributed by atoms with van der Waals surface area (Å²) in [6.07, 6.45) is -2.99. The molecule has 1 aliphatic carbocycles. The van der Waals surface area contributed by atoms with Crippen molar-refractivity contribution < 1.29 is 23.1 Å². The van der Waals surface area contributed by atoms with Crippen molar-refractivity contribution in [2.24, 2.45) is 5.92 Å². The number of carbonyl (C=O) groups is 1. The van der Waals surface area contributed by atoms with Crippen molar-refractivity contribution in [2.75, 3.05) is 0 Å². The van der Waals surface area contributed by atoms with Gasteiger partial charge < -0.3 is 5.11 Å². The first-order valence-electron chi connectivity index (χ1n) is 5.40. The zero-order valence-electron chi connectivity index (χ0n) is 9.17. The van der Waals surface area contributed by atoms with Crippen LogP contribution in [0.4, 0.5) is 13.2 Å². The van der Waals surface area contributed by atoms with Gasteiger partial charge in [-0.3, -0.25) is 4.79 Å². The monoisotopic (exact) mass is 322 g/mol. The number of alkyl halides is 3. The topological polar surface area (TPSA) is 37.3 Å². The molecule has 1 unspecified atom stereocenters. The lowest BCUT2D eigenvalue weighted by Gasteiger charge is -2.17. The highest BCUT2D eigenvalue weighted by molar-refractivity contribution is 9.10. The molecule has 2 nitrogen and oxygen atoms in total. The van der Waals surface area contributed by atoms with Gasteiger partial charge in [0.1, 0.15) is 0 Å². The summed E-state index contributed by atoms with van der Waals surface area (Å²) in [5, 5.41) is 9.15. The Kier molecular flexibility index (Phi) is 3.40. The van der Waals surface area contributed by atoms with Crippen molar-refractivity contribution in [3.05, 3.63) is 33.8 Å². The van der Waals surface area contributed by atoms with Crippen LogP contribution in [0.15, 0.2) is 22.7 Å². The summed E-state index contributed by atoms with van der Waals surface area (Å²) in [5.74, 6) is -1.98. The van der Waals surface area contributed by atoms with Crippen LogP contribution in [0, 0.1) is 5.92 Å². The smallest absolute Gasteiger partial charge is 0.417 e. The Morgan fingerprint density at radius 2 is 2.00 bits per heavy atom. The summed E-state index contributed by atoms with van der Waals surface area (Å²) in [7, 11) is 0. The van der Waals surface area contributed by atoms with E-state index in [4.69, 9.17) is 5.11 Å². The summed E-state index contributed by atoms with van der Waals surface area (Å²) in [6, 6.07) is 3.64. The Hall–Kier alpha value is -1.04. The van der Waals surface area contributed by atoms with Gasteiger partial charge in [-0.25, -0.2) is 0 Å². The lowest BCUT2D eigenvalue weighted by Crippen LogP contribution is -2.16. The SMILES string of the molecule is O=C(O)C(c1cccc(C(F)(F)F)c1Br)C1CC1. The van der Waals surface area contributed by atoms with Gasteiger partial charge in [-0.1, -0.05) is 12.1 Å². The number of hydrogen-bond acceptors (Lipinski definition) is 1. The van der Waals surface area contributed by atoms with Gasteiger partial charge in [0.05, 0.1) is 11.5 Å². The third-order valence-electron chi connectivity index (χ3n) is 3.03. The van der Waals surface area contributed by atoms with Crippen LogP contribution in [0.5, 0.6) is 0 Å². The molecule has 0 bridgehead atoms. The number of rotatable bonds is 3. The maximum absolute atomic E-state index is 12.7. The van der Waals surface area contributed by atoms with Crippen molar-refractivity contribution >= 4 is 21.9 Å². The second-order valence-corrected chi connectivity index (χ2v) is 5.15. The third-order valence-corrected chi connectivity index (χ3v) is 3.91. The fraction of sp³-hybridized carbons (Fsp3) is 0.417. The van der Waals surface area contributed by atoms with E-state index >= 15 is 0 Å². The van der Waals surface area contributed by atoms with Gasteiger partial charge in [0.2, 0.25) is 0 Å². The molecule has 0 heterocycles.